The van der Waals surface area contributed by atoms with E-state index in [1.807, 2.05) is 24.4 Å². The molecule has 0 radical (unpaired) electrons. The largest absolute Gasteiger partial charge is 0.478 e. The number of fused-ring (bicyclic) bond motifs is 2. The number of allylic oxidation sites excluding steroid dienone is 1. The van der Waals surface area contributed by atoms with Gasteiger partial charge >= 0.3 is 11.9 Å². The molecular weight excluding hydrogens is 284 g/mol. The number of carbonyl (C=O) groups is 2. The van der Waals surface area contributed by atoms with E-state index in [4.69, 9.17) is 10.2 Å². The molecule has 1 aromatic rings. The van der Waals surface area contributed by atoms with Crippen LogP contribution in [0.4, 0.5) is 0 Å². The first-order valence-electron chi connectivity index (χ1n) is 6.48. The molecule has 2 heterocycles. The van der Waals surface area contributed by atoms with E-state index in [1.54, 1.807) is 0 Å². The van der Waals surface area contributed by atoms with Gasteiger partial charge in [0.05, 0.1) is 17.3 Å². The maximum atomic E-state index is 9.55. The first-order chi connectivity index (χ1) is 10.6. The molecule has 0 spiro atoms. The van der Waals surface area contributed by atoms with Crippen LogP contribution in [0.5, 0.6) is 0 Å². The number of benzene rings is 1. The Hall–Kier alpha value is -3.15. The van der Waals surface area contributed by atoms with E-state index in [9.17, 15) is 9.59 Å². The van der Waals surface area contributed by atoms with Crippen LogP contribution in [-0.2, 0) is 9.59 Å². The van der Waals surface area contributed by atoms with Gasteiger partial charge in [-0.3, -0.25) is 4.99 Å². The summed E-state index contributed by atoms with van der Waals surface area (Å²) in [5, 5.41) is 17.9. The molecule has 0 atom stereocenters. The molecule has 0 amide bonds. The second-order valence-electron chi connectivity index (χ2n) is 4.44. The van der Waals surface area contributed by atoms with Crippen molar-refractivity contribution >= 4 is 18.1 Å². The summed E-state index contributed by atoms with van der Waals surface area (Å²) in [5.74, 6) is -2.51. The van der Waals surface area contributed by atoms with Gasteiger partial charge in [-0.15, -0.1) is 0 Å². The third-order valence-electron chi connectivity index (χ3n) is 2.86. The molecule has 0 saturated heterocycles. The van der Waals surface area contributed by atoms with Crippen molar-refractivity contribution < 1.29 is 19.8 Å². The number of rotatable bonds is 2. The van der Waals surface area contributed by atoms with Crippen LogP contribution in [0.15, 0.2) is 65.5 Å². The Morgan fingerprint density at radius 1 is 1.14 bits per heavy atom. The molecule has 0 aromatic heterocycles. The van der Waals surface area contributed by atoms with Crippen LogP contribution in [0.1, 0.15) is 0 Å². The van der Waals surface area contributed by atoms with Crippen molar-refractivity contribution in [3.63, 3.8) is 0 Å². The predicted molar refractivity (Wildman–Crippen MR) is 80.0 cm³/mol. The predicted octanol–water partition coefficient (Wildman–Crippen LogP) is 0.483. The van der Waals surface area contributed by atoms with E-state index < -0.39 is 11.9 Å². The topological polar surface area (TPSA) is 90.2 Å². The lowest BCUT2D eigenvalue weighted by Gasteiger charge is -2.11. The van der Waals surface area contributed by atoms with E-state index in [-0.39, 0.29) is 0 Å². The van der Waals surface area contributed by atoms with E-state index in [2.05, 4.69) is 34.3 Å². The minimum atomic E-state index is -1.26. The van der Waals surface area contributed by atoms with Gasteiger partial charge in [0.2, 0.25) is 0 Å². The van der Waals surface area contributed by atoms with Gasteiger partial charge in [0.1, 0.15) is 0 Å². The van der Waals surface area contributed by atoms with Crippen LogP contribution in [-0.4, -0.2) is 33.6 Å². The summed E-state index contributed by atoms with van der Waals surface area (Å²) in [6.45, 7) is 0.954. The second-order valence-corrected chi connectivity index (χ2v) is 4.44. The fourth-order valence-electron chi connectivity index (χ4n) is 1.89. The van der Waals surface area contributed by atoms with Gasteiger partial charge < -0.3 is 15.1 Å². The molecule has 2 aliphatic heterocycles. The highest BCUT2D eigenvalue weighted by atomic mass is 16.4. The first-order valence-corrected chi connectivity index (χ1v) is 6.48. The van der Waals surface area contributed by atoms with E-state index in [0.29, 0.717) is 12.2 Å². The maximum Gasteiger partial charge on any atom is 0.328 e. The zero-order valence-corrected chi connectivity index (χ0v) is 11.6. The van der Waals surface area contributed by atoms with Crippen LogP contribution in [0.2, 0.25) is 0 Å². The van der Waals surface area contributed by atoms with Crippen LogP contribution in [0.25, 0.3) is 6.20 Å². The van der Waals surface area contributed by atoms with Gasteiger partial charge in [0, 0.05) is 30.1 Å². The van der Waals surface area contributed by atoms with Gasteiger partial charge in [-0.1, -0.05) is 24.3 Å². The third-order valence-corrected chi connectivity index (χ3v) is 2.86. The Balaban J connectivity index is 0.000000192. The zero-order valence-electron chi connectivity index (χ0n) is 11.6. The molecule has 0 fully saturated rings. The molecule has 112 valence electrons. The lowest BCUT2D eigenvalue weighted by molar-refractivity contribution is -0.134. The Morgan fingerprint density at radius 3 is 2.50 bits per heavy atom. The molecule has 2 N–H and O–H groups in total. The highest BCUT2D eigenvalue weighted by Gasteiger charge is 2.09. The highest BCUT2D eigenvalue weighted by molar-refractivity contribution is 5.89. The smallest absolute Gasteiger partial charge is 0.328 e. The molecule has 0 bridgehead atoms. The number of carboxylic acid groups (broad SMARTS) is 2. The summed E-state index contributed by atoms with van der Waals surface area (Å²) in [7, 11) is 0. The Labute approximate surface area is 126 Å². The van der Waals surface area contributed by atoms with E-state index in [0.717, 1.165) is 11.9 Å². The van der Waals surface area contributed by atoms with Gasteiger partial charge in [0.25, 0.3) is 0 Å². The second kappa shape index (κ2) is 7.03. The normalized spacial score (nSPS) is 14.5. The maximum absolute atomic E-state index is 9.55. The summed E-state index contributed by atoms with van der Waals surface area (Å²) < 4.78 is 0. The minimum Gasteiger partial charge on any atom is -0.478 e. The molecule has 1 aromatic carbocycles. The molecule has 0 saturated carbocycles. The molecule has 3 rings (SSSR count). The lowest BCUT2D eigenvalue weighted by Crippen LogP contribution is -2.26. The third kappa shape index (κ3) is 4.17. The average Bonchev–Trinajstić information content (AvgIpc) is 2.85. The van der Waals surface area contributed by atoms with E-state index >= 15 is 0 Å². The van der Waals surface area contributed by atoms with Crippen LogP contribution in [0, 0.1) is 0 Å². The van der Waals surface area contributed by atoms with Crippen molar-refractivity contribution in [3.8, 4) is 0 Å². The Morgan fingerprint density at radius 2 is 1.82 bits per heavy atom. The molecule has 6 nitrogen and oxygen atoms in total. The van der Waals surface area contributed by atoms with Crippen molar-refractivity contribution in [3.05, 3.63) is 71.0 Å². The van der Waals surface area contributed by atoms with Crippen molar-refractivity contribution in [1.82, 2.24) is 4.90 Å². The number of para-hydroxylation sites is 1. The van der Waals surface area contributed by atoms with Crippen molar-refractivity contribution in [2.24, 2.45) is 4.99 Å². The summed E-state index contributed by atoms with van der Waals surface area (Å²) in [6, 6.07) is 8.18. The summed E-state index contributed by atoms with van der Waals surface area (Å²) in [6.07, 6.45) is 9.44. The first kappa shape index (κ1) is 15.2. The molecular formula is C16H14N2O4. The van der Waals surface area contributed by atoms with Gasteiger partial charge in [-0.05, 0) is 12.1 Å². The van der Waals surface area contributed by atoms with Gasteiger partial charge in [-0.25, -0.2) is 9.59 Å². The van der Waals surface area contributed by atoms with Gasteiger partial charge in [-0.2, -0.15) is 0 Å². The fraction of sp³-hybridized carbons (Fsp3) is 0.0625. The summed E-state index contributed by atoms with van der Waals surface area (Å²) in [5.41, 5.74) is 1.17. The SMILES string of the molecule is C1=CC2=CN=c3ccccc3=CN2C1.O=C(O)/C=C\C(=O)O. The fourth-order valence-corrected chi connectivity index (χ4v) is 1.89. The van der Waals surface area contributed by atoms with Gasteiger partial charge in [0.15, 0.2) is 0 Å². The zero-order chi connectivity index (χ0) is 15.9. The quantitative estimate of drug-likeness (QED) is 0.775. The van der Waals surface area contributed by atoms with Crippen LogP contribution in [0.3, 0.4) is 0 Å². The minimum absolute atomic E-state index is 0.558. The Bertz CT molecular complexity index is 775. The summed E-state index contributed by atoms with van der Waals surface area (Å²) in [4.78, 5) is 25.8. The number of hydrogen-bond acceptors (Lipinski definition) is 4. The standard InChI is InChI=1S/C12H10N2.C4H4O4/c1-2-6-12-10(4-1)9-14-7-3-5-11(14)8-13-12;5-3(6)1-2-4(7)8/h1-6,8-9H,7H2;1-2H,(H,5,6)(H,7,8)/b;2-1-. The average molecular weight is 298 g/mol. The van der Waals surface area contributed by atoms with Crippen LogP contribution < -0.4 is 10.6 Å². The molecule has 6 heteroatoms. The number of aliphatic carboxylic acids is 2. The number of hydrogen-bond donors (Lipinski definition) is 2. The lowest BCUT2D eigenvalue weighted by atomic mass is 10.3. The van der Waals surface area contributed by atoms with Crippen molar-refractivity contribution in [2.45, 2.75) is 0 Å². The number of nitrogens with zero attached hydrogens (tertiary/aromatic N) is 2. The van der Waals surface area contributed by atoms with Crippen molar-refractivity contribution in [2.75, 3.05) is 6.54 Å². The molecule has 22 heavy (non-hydrogen) atoms. The molecule has 0 unspecified atom stereocenters. The summed E-state index contributed by atoms with van der Waals surface area (Å²) >= 11 is 0. The monoisotopic (exact) mass is 298 g/mol. The van der Waals surface area contributed by atoms with E-state index in [1.165, 1.54) is 10.9 Å². The molecule has 0 aliphatic carbocycles. The van der Waals surface area contributed by atoms with Crippen LogP contribution >= 0.6 is 0 Å². The Kier molecular flexibility index (Phi) is 4.87. The highest BCUT2D eigenvalue weighted by Crippen LogP contribution is 2.14. The molecule has 2 aliphatic rings. The van der Waals surface area contributed by atoms with Crippen molar-refractivity contribution in [1.29, 1.82) is 0 Å². The number of carboxylic acids is 2.